The molecule has 0 saturated heterocycles. The zero-order valence-electron chi connectivity index (χ0n) is 12.3. The summed E-state index contributed by atoms with van der Waals surface area (Å²) in [5.74, 6) is 0. The first-order valence-electron chi connectivity index (χ1n) is 6.08. The predicted octanol–water partition coefficient (Wildman–Crippen LogP) is 1.50. The number of carbonyl (C=O) groups excluding carboxylic acids is 2. The summed E-state index contributed by atoms with van der Waals surface area (Å²) in [4.78, 5) is 16.7. The summed E-state index contributed by atoms with van der Waals surface area (Å²) in [6.45, 7) is 1.35. The van der Waals surface area contributed by atoms with Gasteiger partial charge in [0.1, 0.15) is 0 Å². The van der Waals surface area contributed by atoms with Gasteiger partial charge in [0, 0.05) is 10.4 Å². The summed E-state index contributed by atoms with van der Waals surface area (Å²) >= 11 is 5.54. The van der Waals surface area contributed by atoms with Gasteiger partial charge < -0.3 is 15.3 Å². The van der Waals surface area contributed by atoms with Crippen molar-refractivity contribution in [1.82, 2.24) is 0 Å². The van der Waals surface area contributed by atoms with E-state index in [-0.39, 0.29) is 19.8 Å². The average molecular weight is 333 g/mol. The maximum Gasteiger partial charge on any atom is 0.231 e. The van der Waals surface area contributed by atoms with Crippen molar-refractivity contribution in [3.05, 3.63) is 35.4 Å². The summed E-state index contributed by atoms with van der Waals surface area (Å²) in [5.41, 5.74) is -0.667. The molecule has 0 aliphatic rings. The highest BCUT2D eigenvalue weighted by Crippen LogP contribution is 2.18. The zero-order chi connectivity index (χ0) is 17.9. The Hall–Kier alpha value is -1.85. The van der Waals surface area contributed by atoms with Crippen LogP contribution < -0.4 is 0 Å². The van der Waals surface area contributed by atoms with E-state index in [2.05, 4.69) is 0 Å². The molecule has 1 aromatic carbocycles. The molecule has 0 heterocycles. The van der Waals surface area contributed by atoms with Crippen LogP contribution in [0.2, 0.25) is 5.02 Å². The Kier molecular flexibility index (Phi) is 21.9. The number of benzene rings is 1. The molecule has 7 nitrogen and oxygen atoms in total. The number of isocyanates is 2. The van der Waals surface area contributed by atoms with E-state index in [0.29, 0.717) is 6.42 Å². The van der Waals surface area contributed by atoms with Crippen LogP contribution in [-0.4, -0.2) is 47.3 Å². The molecule has 0 unspecified atom stereocenters. The van der Waals surface area contributed by atoms with Crippen molar-refractivity contribution >= 4 is 23.8 Å². The maximum atomic E-state index is 8.66. The van der Waals surface area contributed by atoms with Crippen LogP contribution in [0.15, 0.2) is 30.3 Å². The van der Waals surface area contributed by atoms with Gasteiger partial charge >= 0.3 is 0 Å². The van der Waals surface area contributed by atoms with Gasteiger partial charge in [-0.15, -0.1) is 0 Å². The summed E-state index contributed by atoms with van der Waals surface area (Å²) < 4.78 is 0. The van der Waals surface area contributed by atoms with E-state index in [9.17, 15) is 0 Å². The number of hydrogen-bond donors (Lipinski definition) is 5. The first kappa shape index (κ1) is 25.1. The average Bonchev–Trinajstić information content (AvgIpc) is 2.53. The van der Waals surface area contributed by atoms with E-state index in [1.165, 1.54) is 0 Å². The molecule has 0 aliphatic carbocycles. The van der Waals surface area contributed by atoms with Gasteiger partial charge in [-0.2, -0.15) is 0 Å². The van der Waals surface area contributed by atoms with Gasteiger partial charge in [0.05, 0.1) is 19.8 Å². The van der Waals surface area contributed by atoms with Gasteiger partial charge in [0.15, 0.2) is 0 Å². The van der Waals surface area contributed by atoms with Crippen molar-refractivity contribution < 1.29 is 24.9 Å². The molecule has 0 aromatic heterocycles. The largest absolute Gasteiger partial charge is 0.396 e. The molecule has 1 aromatic rings. The van der Waals surface area contributed by atoms with Gasteiger partial charge in [0.25, 0.3) is 0 Å². The van der Waals surface area contributed by atoms with Crippen LogP contribution in [0, 0.1) is 16.2 Å². The third kappa shape index (κ3) is 16.2. The van der Waals surface area contributed by atoms with E-state index in [0.717, 1.165) is 17.2 Å². The molecule has 0 bridgehead atoms. The number of aliphatic hydroxyl groups excluding tert-OH is 3. The Bertz CT molecular complexity index is 383. The molecular formula is C14H21ClN2O5. The van der Waals surface area contributed by atoms with E-state index >= 15 is 0 Å². The Balaban J connectivity index is -0.000000246. The number of halogens is 1. The van der Waals surface area contributed by atoms with Crippen molar-refractivity contribution in [1.29, 1.82) is 10.8 Å². The van der Waals surface area contributed by atoms with Crippen LogP contribution in [0.3, 0.4) is 0 Å². The third-order valence-electron chi connectivity index (χ3n) is 2.49. The first-order valence-corrected chi connectivity index (χ1v) is 6.46. The minimum atomic E-state index is -0.667. The first-order chi connectivity index (χ1) is 10.5. The topological polar surface area (TPSA) is 143 Å². The van der Waals surface area contributed by atoms with Crippen LogP contribution in [0.5, 0.6) is 0 Å². The van der Waals surface area contributed by atoms with Gasteiger partial charge in [-0.05, 0) is 18.6 Å². The quantitative estimate of drug-likeness (QED) is 0.419. The Morgan fingerprint density at radius 1 is 1.00 bits per heavy atom. The lowest BCUT2D eigenvalue weighted by atomic mass is 9.88. The highest BCUT2D eigenvalue weighted by molar-refractivity contribution is 6.30. The van der Waals surface area contributed by atoms with Gasteiger partial charge in [-0.1, -0.05) is 36.7 Å². The monoisotopic (exact) mass is 332 g/mol. The minimum absolute atomic E-state index is 0.156. The lowest BCUT2D eigenvalue weighted by Gasteiger charge is -2.24. The highest BCUT2D eigenvalue weighted by atomic mass is 35.5. The smallest absolute Gasteiger partial charge is 0.231 e. The third-order valence-corrected chi connectivity index (χ3v) is 2.74. The molecule has 0 fully saturated rings. The molecule has 5 N–H and O–H groups in total. The zero-order valence-corrected chi connectivity index (χ0v) is 13.0. The number of nitrogens with one attached hydrogen (secondary N) is 2. The summed E-state index contributed by atoms with van der Waals surface area (Å²) in [5, 5.41) is 37.6. The van der Waals surface area contributed by atoms with E-state index in [1.807, 2.05) is 37.3 Å². The molecule has 124 valence electrons. The van der Waals surface area contributed by atoms with Crippen molar-refractivity contribution in [3.8, 4) is 0 Å². The van der Waals surface area contributed by atoms with E-state index < -0.39 is 5.41 Å². The molecule has 0 radical (unpaired) electrons. The van der Waals surface area contributed by atoms with Gasteiger partial charge in [-0.25, -0.2) is 20.4 Å². The maximum absolute atomic E-state index is 8.66. The van der Waals surface area contributed by atoms with Crippen molar-refractivity contribution in [2.24, 2.45) is 5.41 Å². The summed E-state index contributed by atoms with van der Waals surface area (Å²) in [6.07, 6.45) is 2.09. The Labute approximate surface area is 134 Å². The fourth-order valence-electron chi connectivity index (χ4n) is 0.900. The molecule has 0 amide bonds. The molecule has 8 heteroatoms. The highest BCUT2D eigenvalue weighted by Gasteiger charge is 2.24. The van der Waals surface area contributed by atoms with Crippen LogP contribution in [-0.2, 0) is 9.59 Å². The molecule has 1 rings (SSSR count). The normalized spacial score (nSPS) is 8.41. The van der Waals surface area contributed by atoms with Crippen LogP contribution in [0.25, 0.3) is 0 Å². The lowest BCUT2D eigenvalue weighted by Crippen LogP contribution is -2.32. The van der Waals surface area contributed by atoms with Crippen molar-refractivity contribution in [2.45, 2.75) is 13.3 Å². The second-order valence-corrected chi connectivity index (χ2v) is 4.26. The summed E-state index contributed by atoms with van der Waals surface area (Å²) in [6, 6.07) is 9.44. The molecule has 22 heavy (non-hydrogen) atoms. The molecule has 0 aliphatic heterocycles. The molecule has 0 saturated carbocycles. The standard InChI is InChI=1S/C6H5Cl.C6H14O3.2CHNO/c7-6-4-2-1-3-5-6;1-2-6(3-7,4-8)5-9;2*2-1-3/h1-5H;7-9H,2-5H2,1H3;2*2H. The van der Waals surface area contributed by atoms with Crippen LogP contribution in [0.1, 0.15) is 13.3 Å². The Morgan fingerprint density at radius 3 is 1.41 bits per heavy atom. The predicted molar refractivity (Wildman–Crippen MR) is 82.3 cm³/mol. The number of aliphatic hydroxyl groups is 3. The van der Waals surface area contributed by atoms with Crippen molar-refractivity contribution in [2.75, 3.05) is 19.8 Å². The van der Waals surface area contributed by atoms with E-state index in [1.54, 1.807) is 0 Å². The number of hydrogen-bond acceptors (Lipinski definition) is 7. The molecular weight excluding hydrogens is 312 g/mol. The molecule has 0 atom stereocenters. The number of rotatable bonds is 4. The van der Waals surface area contributed by atoms with Crippen molar-refractivity contribution in [3.63, 3.8) is 0 Å². The van der Waals surface area contributed by atoms with E-state index in [4.69, 9.17) is 47.3 Å². The lowest BCUT2D eigenvalue weighted by molar-refractivity contribution is 0.00304. The second kappa shape index (κ2) is 19.1. The van der Waals surface area contributed by atoms with Gasteiger partial charge in [0.2, 0.25) is 12.2 Å². The van der Waals surface area contributed by atoms with Crippen LogP contribution in [0.4, 0.5) is 0 Å². The SMILES string of the molecule is CCC(CO)(CO)CO.Clc1ccccc1.N=C=O.N=C=O. The fraction of sp³-hybridized carbons (Fsp3) is 0.429. The molecule has 0 spiro atoms. The summed E-state index contributed by atoms with van der Waals surface area (Å²) in [7, 11) is 0. The van der Waals surface area contributed by atoms with Crippen LogP contribution >= 0.6 is 11.6 Å². The Morgan fingerprint density at radius 2 is 1.32 bits per heavy atom. The van der Waals surface area contributed by atoms with Gasteiger partial charge in [-0.3, -0.25) is 0 Å². The minimum Gasteiger partial charge on any atom is -0.396 e. The fourth-order valence-corrected chi connectivity index (χ4v) is 1.05. The second-order valence-electron chi connectivity index (χ2n) is 3.83.